The minimum atomic E-state index is -0.218. The molecular weight excluding hydrogens is 278 g/mol. The van der Waals surface area contributed by atoms with Crippen LogP contribution >= 0.6 is 11.6 Å². The highest BCUT2D eigenvalue weighted by atomic mass is 35.5. The van der Waals surface area contributed by atoms with Crippen molar-refractivity contribution in [2.24, 2.45) is 0 Å². The van der Waals surface area contributed by atoms with Crippen LogP contribution < -0.4 is 10.9 Å². The summed E-state index contributed by atoms with van der Waals surface area (Å²) in [7, 11) is 1.71. The van der Waals surface area contributed by atoms with Crippen LogP contribution in [0.15, 0.2) is 11.0 Å². The van der Waals surface area contributed by atoms with E-state index in [9.17, 15) is 4.79 Å². The van der Waals surface area contributed by atoms with Crippen LogP contribution in [0.2, 0.25) is 5.02 Å². The number of nitrogens with zero attached hydrogens (tertiary/aromatic N) is 2. The number of nitrogens with one attached hydrogen (secondary N) is 1. The van der Waals surface area contributed by atoms with E-state index in [0.29, 0.717) is 12.2 Å². The molecule has 0 aliphatic carbocycles. The molecule has 5 nitrogen and oxygen atoms in total. The lowest BCUT2D eigenvalue weighted by molar-refractivity contribution is 0.192. The van der Waals surface area contributed by atoms with Crippen LogP contribution in [-0.2, 0) is 11.3 Å². The fourth-order valence-electron chi connectivity index (χ4n) is 1.83. The number of ether oxygens (including phenoxy) is 1. The maximum atomic E-state index is 12.0. The fourth-order valence-corrected chi connectivity index (χ4v) is 2.04. The molecule has 0 radical (unpaired) electrons. The van der Waals surface area contributed by atoms with Gasteiger partial charge in [-0.3, -0.25) is 4.79 Å². The van der Waals surface area contributed by atoms with Crippen LogP contribution in [0.3, 0.4) is 0 Å². The van der Waals surface area contributed by atoms with Gasteiger partial charge in [0.15, 0.2) is 0 Å². The maximum absolute atomic E-state index is 12.0. The normalized spacial score (nSPS) is 10.8. The quantitative estimate of drug-likeness (QED) is 0.675. The first-order chi connectivity index (χ1) is 9.70. The number of aryl methyl sites for hydroxylation is 1. The van der Waals surface area contributed by atoms with Crippen LogP contribution in [0.4, 0.5) is 5.69 Å². The molecule has 1 aromatic heterocycles. The Labute approximate surface area is 125 Å². The average Bonchev–Trinajstić information content (AvgIpc) is 2.46. The highest BCUT2D eigenvalue weighted by molar-refractivity contribution is 6.32. The summed E-state index contributed by atoms with van der Waals surface area (Å²) in [6, 6.07) is 0. The number of anilines is 1. The second kappa shape index (κ2) is 9.77. The summed E-state index contributed by atoms with van der Waals surface area (Å²) in [5, 5.41) is 7.54. The van der Waals surface area contributed by atoms with Crippen molar-refractivity contribution in [3.8, 4) is 0 Å². The summed E-state index contributed by atoms with van der Waals surface area (Å²) in [6.07, 6.45) is 6.72. The number of aromatic nitrogens is 2. The Morgan fingerprint density at radius 1 is 1.35 bits per heavy atom. The molecule has 0 aliphatic heterocycles. The molecule has 0 atom stereocenters. The number of hydrogen-bond donors (Lipinski definition) is 1. The van der Waals surface area contributed by atoms with Crippen molar-refractivity contribution in [3.05, 3.63) is 21.6 Å². The van der Waals surface area contributed by atoms with Crippen molar-refractivity contribution < 1.29 is 4.74 Å². The lowest BCUT2D eigenvalue weighted by atomic mass is 10.2. The fraction of sp³-hybridized carbons (Fsp3) is 0.714. The second-order valence-corrected chi connectivity index (χ2v) is 5.11. The molecule has 0 aromatic carbocycles. The highest BCUT2D eigenvalue weighted by Gasteiger charge is 2.08. The Morgan fingerprint density at radius 2 is 2.15 bits per heavy atom. The van der Waals surface area contributed by atoms with E-state index < -0.39 is 0 Å². The molecular formula is C14H24ClN3O2. The van der Waals surface area contributed by atoms with Gasteiger partial charge < -0.3 is 10.1 Å². The zero-order chi connectivity index (χ0) is 14.8. The van der Waals surface area contributed by atoms with E-state index in [1.807, 2.05) is 0 Å². The number of hydrogen-bond acceptors (Lipinski definition) is 4. The smallest absolute Gasteiger partial charge is 0.287 e. The van der Waals surface area contributed by atoms with E-state index in [-0.39, 0.29) is 10.6 Å². The average molecular weight is 302 g/mol. The SMILES string of the molecule is CCCCn1ncc(NCCCCCOC)c(Cl)c1=O. The topological polar surface area (TPSA) is 56.1 Å². The van der Waals surface area contributed by atoms with E-state index >= 15 is 0 Å². The van der Waals surface area contributed by atoms with E-state index in [1.165, 1.54) is 4.68 Å². The predicted octanol–water partition coefficient (Wildman–Crippen LogP) is 2.93. The van der Waals surface area contributed by atoms with E-state index in [2.05, 4.69) is 17.3 Å². The van der Waals surface area contributed by atoms with E-state index in [0.717, 1.165) is 45.3 Å². The molecule has 0 fully saturated rings. The largest absolute Gasteiger partial charge is 0.385 e. The number of methoxy groups -OCH3 is 1. The Bertz CT molecular complexity index is 449. The Balaban J connectivity index is 2.47. The third-order valence-electron chi connectivity index (χ3n) is 3.05. The monoisotopic (exact) mass is 301 g/mol. The van der Waals surface area contributed by atoms with Crippen LogP contribution in [0.5, 0.6) is 0 Å². The maximum Gasteiger partial charge on any atom is 0.287 e. The zero-order valence-corrected chi connectivity index (χ0v) is 13.1. The van der Waals surface area contributed by atoms with Gasteiger partial charge in [0.2, 0.25) is 0 Å². The van der Waals surface area contributed by atoms with Gasteiger partial charge in [0.05, 0.1) is 11.9 Å². The van der Waals surface area contributed by atoms with Gasteiger partial charge in [-0.25, -0.2) is 4.68 Å². The van der Waals surface area contributed by atoms with Crippen molar-refractivity contribution in [2.45, 2.75) is 45.6 Å². The van der Waals surface area contributed by atoms with Gasteiger partial charge in [-0.1, -0.05) is 24.9 Å². The molecule has 0 spiro atoms. The number of rotatable bonds is 10. The van der Waals surface area contributed by atoms with Gasteiger partial charge in [0.1, 0.15) is 5.02 Å². The molecule has 6 heteroatoms. The first kappa shape index (κ1) is 17.0. The second-order valence-electron chi connectivity index (χ2n) is 4.73. The molecule has 20 heavy (non-hydrogen) atoms. The van der Waals surface area contributed by atoms with Gasteiger partial charge in [-0.15, -0.1) is 0 Å². The molecule has 0 unspecified atom stereocenters. The molecule has 0 saturated heterocycles. The molecule has 0 aliphatic rings. The summed E-state index contributed by atoms with van der Waals surface area (Å²) in [6.45, 7) is 4.26. The van der Waals surface area contributed by atoms with Crippen molar-refractivity contribution in [1.29, 1.82) is 0 Å². The number of halogens is 1. The van der Waals surface area contributed by atoms with Crippen molar-refractivity contribution in [3.63, 3.8) is 0 Å². The van der Waals surface area contributed by atoms with Crippen molar-refractivity contribution >= 4 is 17.3 Å². The lowest BCUT2D eigenvalue weighted by Gasteiger charge is -2.10. The molecule has 0 amide bonds. The molecule has 0 bridgehead atoms. The third-order valence-corrected chi connectivity index (χ3v) is 3.41. The van der Waals surface area contributed by atoms with Gasteiger partial charge in [0, 0.05) is 26.8 Å². The molecule has 1 rings (SSSR count). The summed E-state index contributed by atoms with van der Waals surface area (Å²) in [5.74, 6) is 0. The van der Waals surface area contributed by atoms with Gasteiger partial charge in [0.25, 0.3) is 5.56 Å². The summed E-state index contributed by atoms with van der Waals surface area (Å²) in [4.78, 5) is 12.0. The minimum absolute atomic E-state index is 0.218. The first-order valence-corrected chi connectivity index (χ1v) is 7.57. The van der Waals surface area contributed by atoms with Crippen molar-refractivity contribution in [2.75, 3.05) is 25.6 Å². The summed E-state index contributed by atoms with van der Waals surface area (Å²) >= 11 is 6.08. The van der Waals surface area contributed by atoms with Gasteiger partial charge >= 0.3 is 0 Å². The number of unbranched alkanes of at least 4 members (excludes halogenated alkanes) is 3. The Kier molecular flexibility index (Phi) is 8.30. The van der Waals surface area contributed by atoms with Crippen LogP contribution in [0.25, 0.3) is 0 Å². The minimum Gasteiger partial charge on any atom is -0.385 e. The first-order valence-electron chi connectivity index (χ1n) is 7.19. The molecule has 1 N–H and O–H groups in total. The van der Waals surface area contributed by atoms with Gasteiger partial charge in [-0.2, -0.15) is 5.10 Å². The third kappa shape index (κ3) is 5.51. The molecule has 1 heterocycles. The predicted molar refractivity (Wildman–Crippen MR) is 82.6 cm³/mol. The summed E-state index contributed by atoms with van der Waals surface area (Å²) in [5.41, 5.74) is 0.403. The Morgan fingerprint density at radius 3 is 2.85 bits per heavy atom. The molecule has 1 aromatic rings. The zero-order valence-electron chi connectivity index (χ0n) is 12.3. The van der Waals surface area contributed by atoms with E-state index in [4.69, 9.17) is 16.3 Å². The molecule has 114 valence electrons. The lowest BCUT2D eigenvalue weighted by Crippen LogP contribution is -2.24. The highest BCUT2D eigenvalue weighted by Crippen LogP contribution is 2.15. The van der Waals surface area contributed by atoms with Crippen LogP contribution in [-0.4, -0.2) is 30.0 Å². The Hall–Kier alpha value is -1.07. The van der Waals surface area contributed by atoms with Gasteiger partial charge in [-0.05, 0) is 25.7 Å². The van der Waals surface area contributed by atoms with Crippen LogP contribution in [0, 0.1) is 0 Å². The van der Waals surface area contributed by atoms with E-state index in [1.54, 1.807) is 13.3 Å². The molecule has 0 saturated carbocycles. The van der Waals surface area contributed by atoms with Crippen molar-refractivity contribution in [1.82, 2.24) is 9.78 Å². The van der Waals surface area contributed by atoms with Crippen LogP contribution in [0.1, 0.15) is 39.0 Å². The standard InChI is InChI=1S/C14H24ClN3O2/c1-3-4-9-18-14(19)13(15)12(11-17-18)16-8-6-5-7-10-20-2/h11,16H,3-10H2,1-2H3. The summed E-state index contributed by atoms with van der Waals surface area (Å²) < 4.78 is 6.42.